The highest BCUT2D eigenvalue weighted by molar-refractivity contribution is 8.01. The number of nitrogens with zero attached hydrogens (tertiary/aromatic N) is 7. The molecule has 3 aliphatic rings. The van der Waals surface area contributed by atoms with Crippen molar-refractivity contribution in [2.45, 2.75) is 93.8 Å². The van der Waals surface area contributed by atoms with E-state index in [1.54, 1.807) is 10.1 Å². The van der Waals surface area contributed by atoms with Crippen LogP contribution in [-0.2, 0) is 41.6 Å². The topological polar surface area (TPSA) is 197 Å². The van der Waals surface area contributed by atoms with Crippen LogP contribution >= 0.6 is 34.9 Å². The van der Waals surface area contributed by atoms with Gasteiger partial charge < -0.3 is 30.2 Å². The Bertz CT molecular complexity index is 1490. The third kappa shape index (κ3) is 9.17. The fourth-order valence-electron chi connectivity index (χ4n) is 5.47. The van der Waals surface area contributed by atoms with Crippen LogP contribution in [-0.4, -0.2) is 115 Å². The second-order valence-electron chi connectivity index (χ2n) is 11.9. The van der Waals surface area contributed by atoms with E-state index in [2.05, 4.69) is 25.8 Å². The number of fused-ring (bicyclic) bond motifs is 1. The second-order valence-corrected chi connectivity index (χ2v) is 14.8. The van der Waals surface area contributed by atoms with Gasteiger partial charge in [-0.2, -0.15) is 0 Å². The van der Waals surface area contributed by atoms with E-state index in [9.17, 15) is 19.2 Å². The van der Waals surface area contributed by atoms with Crippen LogP contribution in [0.2, 0.25) is 0 Å². The number of aromatic nitrogens is 5. The van der Waals surface area contributed by atoms with Gasteiger partial charge in [0.15, 0.2) is 5.13 Å². The zero-order valence-corrected chi connectivity index (χ0v) is 29.6. The minimum atomic E-state index is -1.20. The number of nitrogens with two attached hydrogens (primary N) is 1. The van der Waals surface area contributed by atoms with Gasteiger partial charge in [0, 0.05) is 29.9 Å². The molecule has 3 N–H and O–H groups in total. The third-order valence-electron chi connectivity index (χ3n) is 7.91. The maximum atomic E-state index is 13.9. The van der Waals surface area contributed by atoms with Gasteiger partial charge in [0.1, 0.15) is 23.2 Å². The van der Waals surface area contributed by atoms with Gasteiger partial charge in [-0.3, -0.25) is 14.5 Å². The fourth-order valence-corrected chi connectivity index (χ4v) is 8.42. The number of thioether (sulfide) groups is 2. The van der Waals surface area contributed by atoms with Crippen molar-refractivity contribution in [2.24, 2.45) is 0 Å². The van der Waals surface area contributed by atoms with Crippen molar-refractivity contribution in [2.75, 3.05) is 37.9 Å². The standard InChI is InChI=1S/C29H41N9O7S3/c1-4-8-21(45-29(42)43-19-9-6-5-7-10-19)44-26(41)23-17(15-48-28-33-34-35-37(28)12-11-36(2)3)14-46-25-22(24(40)38(23)25)32-20(39)13-18-16-47-27(30)31-18/h16,19,21-22,25H,4-15H2,1-3H3,(H2,30,31)(H,32,39)/t21?,22-,25+/m1/s1. The van der Waals surface area contributed by atoms with Gasteiger partial charge in [0.25, 0.3) is 12.2 Å². The number of carbonyl (C=O) groups is 4. The van der Waals surface area contributed by atoms with Crippen LogP contribution in [0.1, 0.15) is 57.6 Å². The van der Waals surface area contributed by atoms with Crippen molar-refractivity contribution in [1.82, 2.24) is 40.3 Å². The first kappa shape index (κ1) is 35.9. The van der Waals surface area contributed by atoms with Crippen molar-refractivity contribution >= 4 is 63.9 Å². The number of amides is 2. The number of tetrazole rings is 1. The Morgan fingerprint density at radius 1 is 1.21 bits per heavy atom. The van der Waals surface area contributed by atoms with Crippen LogP contribution in [0.15, 0.2) is 21.8 Å². The molecular weight excluding hydrogens is 683 g/mol. The first-order valence-electron chi connectivity index (χ1n) is 15.9. The Morgan fingerprint density at radius 2 is 2.00 bits per heavy atom. The van der Waals surface area contributed by atoms with E-state index in [1.165, 1.54) is 39.8 Å². The third-order valence-corrected chi connectivity index (χ3v) is 11.0. The van der Waals surface area contributed by atoms with Gasteiger partial charge in [0.2, 0.25) is 11.1 Å². The molecule has 0 spiro atoms. The highest BCUT2D eigenvalue weighted by Crippen LogP contribution is 2.42. The highest BCUT2D eigenvalue weighted by Gasteiger charge is 2.54. The lowest BCUT2D eigenvalue weighted by Crippen LogP contribution is -2.70. The number of nitrogens with one attached hydrogen (secondary N) is 1. The minimum Gasteiger partial charge on any atom is -0.431 e. The average molecular weight is 724 g/mol. The molecule has 0 aromatic carbocycles. The van der Waals surface area contributed by atoms with Crippen LogP contribution in [0.25, 0.3) is 0 Å². The quantitative estimate of drug-likeness (QED) is 0.118. The zero-order chi connectivity index (χ0) is 34.2. The molecule has 2 amide bonds. The van der Waals surface area contributed by atoms with Crippen LogP contribution in [0.4, 0.5) is 9.93 Å². The Balaban J connectivity index is 1.31. The first-order valence-corrected chi connectivity index (χ1v) is 18.8. The summed E-state index contributed by atoms with van der Waals surface area (Å²) in [6, 6.07) is -0.845. The number of carbonyl (C=O) groups excluding carboxylic acids is 4. The molecule has 2 fully saturated rings. The van der Waals surface area contributed by atoms with Gasteiger partial charge in [-0.1, -0.05) is 25.1 Å². The number of nitrogen functional groups attached to an aromatic ring is 1. The van der Waals surface area contributed by atoms with Crippen molar-refractivity contribution in [3.63, 3.8) is 0 Å². The molecular formula is C29H41N9O7S3. The van der Waals surface area contributed by atoms with Crippen molar-refractivity contribution in [3.8, 4) is 0 Å². The monoisotopic (exact) mass is 723 g/mol. The molecule has 2 aromatic heterocycles. The molecule has 1 aliphatic carbocycles. The number of β-lactam (4-membered cyclic amide) rings is 1. The minimum absolute atomic E-state index is 0.0307. The number of ether oxygens (including phenoxy) is 3. The molecule has 2 aromatic rings. The largest absolute Gasteiger partial charge is 0.511 e. The van der Waals surface area contributed by atoms with E-state index < -0.39 is 35.7 Å². The second kappa shape index (κ2) is 16.8. The van der Waals surface area contributed by atoms with Gasteiger partial charge in [-0.05, 0) is 62.2 Å². The number of thiazole rings is 1. The van der Waals surface area contributed by atoms with Crippen LogP contribution in [0.3, 0.4) is 0 Å². The maximum absolute atomic E-state index is 13.9. The molecule has 2 aliphatic heterocycles. The van der Waals surface area contributed by atoms with E-state index >= 15 is 0 Å². The lowest BCUT2D eigenvalue weighted by Gasteiger charge is -2.49. The van der Waals surface area contributed by atoms with Crippen molar-refractivity contribution in [3.05, 3.63) is 22.3 Å². The Morgan fingerprint density at radius 3 is 2.71 bits per heavy atom. The molecule has 262 valence electrons. The summed E-state index contributed by atoms with van der Waals surface area (Å²) >= 11 is 3.99. The molecule has 1 saturated heterocycles. The Hall–Kier alpha value is -3.42. The first-order chi connectivity index (χ1) is 23.1. The number of hydrogen-bond acceptors (Lipinski definition) is 16. The highest BCUT2D eigenvalue weighted by atomic mass is 32.2. The van der Waals surface area contributed by atoms with E-state index in [4.69, 9.17) is 19.9 Å². The summed E-state index contributed by atoms with van der Waals surface area (Å²) in [5, 5.41) is 16.9. The van der Waals surface area contributed by atoms with E-state index in [0.717, 1.165) is 38.6 Å². The zero-order valence-electron chi connectivity index (χ0n) is 27.2. The number of anilines is 1. The molecule has 4 heterocycles. The lowest BCUT2D eigenvalue weighted by atomic mass is 9.98. The van der Waals surface area contributed by atoms with E-state index in [-0.39, 0.29) is 30.5 Å². The van der Waals surface area contributed by atoms with E-state index in [0.29, 0.717) is 46.0 Å². The van der Waals surface area contributed by atoms with Crippen LogP contribution < -0.4 is 11.1 Å². The molecule has 5 rings (SSSR count). The Labute approximate surface area is 290 Å². The lowest BCUT2D eigenvalue weighted by molar-refractivity contribution is -0.174. The molecule has 0 radical (unpaired) electrons. The fraction of sp³-hybridized carbons (Fsp3) is 0.655. The summed E-state index contributed by atoms with van der Waals surface area (Å²) in [4.78, 5) is 60.4. The normalized spacial score (nSPS) is 20.2. The number of likely N-dealkylation sites (N-methyl/N-ethyl adjacent to an activating group) is 1. The van der Waals surface area contributed by atoms with E-state index in [1.807, 2.05) is 25.9 Å². The molecule has 19 heteroatoms. The van der Waals surface area contributed by atoms with Gasteiger partial charge in [-0.25, -0.2) is 19.3 Å². The van der Waals surface area contributed by atoms with Crippen LogP contribution in [0, 0.1) is 0 Å². The summed E-state index contributed by atoms with van der Waals surface area (Å²) in [5.74, 6) is -0.966. The molecule has 48 heavy (non-hydrogen) atoms. The van der Waals surface area contributed by atoms with Gasteiger partial charge >= 0.3 is 12.1 Å². The number of hydrogen-bond donors (Lipinski definition) is 2. The van der Waals surface area contributed by atoms with Gasteiger partial charge in [0.05, 0.1) is 18.7 Å². The summed E-state index contributed by atoms with van der Waals surface area (Å²) < 4.78 is 18.4. The average Bonchev–Trinajstić information content (AvgIpc) is 3.69. The summed E-state index contributed by atoms with van der Waals surface area (Å²) in [6.45, 7) is 3.17. The summed E-state index contributed by atoms with van der Waals surface area (Å²) in [7, 11) is 3.91. The maximum Gasteiger partial charge on any atom is 0.511 e. The van der Waals surface area contributed by atoms with Crippen LogP contribution in [0.5, 0.6) is 0 Å². The number of esters is 1. The predicted molar refractivity (Wildman–Crippen MR) is 179 cm³/mol. The molecule has 16 nitrogen and oxygen atoms in total. The predicted octanol–water partition coefficient (Wildman–Crippen LogP) is 2.42. The smallest absolute Gasteiger partial charge is 0.431 e. The van der Waals surface area contributed by atoms with Crippen molar-refractivity contribution in [1.29, 1.82) is 0 Å². The summed E-state index contributed by atoms with van der Waals surface area (Å²) in [5.41, 5.74) is 6.88. The molecule has 1 unspecified atom stereocenters. The molecule has 3 atom stereocenters. The Kier molecular flexibility index (Phi) is 12.6. The summed E-state index contributed by atoms with van der Waals surface area (Å²) in [6.07, 6.45) is 3.06. The molecule has 1 saturated carbocycles. The van der Waals surface area contributed by atoms with Crippen molar-refractivity contribution < 1.29 is 33.4 Å². The SMILES string of the molecule is CCCC(OC(=O)OC1CCCCC1)OC(=O)C1=C(CSc2nnnn2CCN(C)C)CS[C@H]2[C@H](NC(=O)Cc3csc(N)n3)C(=O)N12. The molecule has 0 bridgehead atoms. The van der Waals surface area contributed by atoms with Gasteiger partial charge in [-0.15, -0.1) is 28.2 Å². The number of rotatable bonds is 15.